The van der Waals surface area contributed by atoms with Gasteiger partial charge in [-0.2, -0.15) is 0 Å². The molecule has 1 fully saturated rings. The van der Waals surface area contributed by atoms with Gasteiger partial charge in [-0.3, -0.25) is 4.79 Å². The standard InChI is InChI=1S/C34H35ClN6O2/c1-36-34(23-9-3-2-4-10-23,21-39-33(43)27-13-5-6-15-29(27)42)24-11-7-12-25(19-24)40-31-18-22(17-30(35)41-31)28-20-38-32-26(28)14-8-16-37-32/h2-6,8-10,13-18,20,24-25,36,42H,7,11-12,19,21H2,1H3,(H,37,38)(H,39,43)(H,40,41)/t24-,25-,34?/m1/s1. The number of amides is 1. The number of halogens is 1. The maximum Gasteiger partial charge on any atom is 0.255 e. The molecule has 0 aliphatic heterocycles. The maximum atomic E-state index is 13.2. The zero-order valence-corrected chi connectivity index (χ0v) is 24.7. The molecule has 5 aromatic rings. The molecule has 3 heterocycles. The van der Waals surface area contributed by atoms with E-state index < -0.39 is 5.54 Å². The first kappa shape index (κ1) is 28.7. The van der Waals surface area contributed by atoms with Gasteiger partial charge in [-0.1, -0.05) is 60.5 Å². The van der Waals surface area contributed by atoms with Crippen molar-refractivity contribution >= 4 is 34.4 Å². The maximum absolute atomic E-state index is 13.2. The predicted octanol–water partition coefficient (Wildman–Crippen LogP) is 6.50. The van der Waals surface area contributed by atoms with Crippen molar-refractivity contribution in [3.8, 4) is 16.9 Å². The lowest BCUT2D eigenvalue weighted by Crippen LogP contribution is -2.56. The van der Waals surface area contributed by atoms with Crippen LogP contribution in [0.2, 0.25) is 5.15 Å². The number of nitrogens with zero attached hydrogens (tertiary/aromatic N) is 2. The highest BCUT2D eigenvalue weighted by molar-refractivity contribution is 6.29. The van der Waals surface area contributed by atoms with Crippen molar-refractivity contribution in [3.05, 3.63) is 108 Å². The molecule has 1 saturated carbocycles. The van der Waals surface area contributed by atoms with Crippen LogP contribution in [0, 0.1) is 5.92 Å². The van der Waals surface area contributed by atoms with Crippen LogP contribution in [0.3, 0.4) is 0 Å². The van der Waals surface area contributed by atoms with Gasteiger partial charge < -0.3 is 26.0 Å². The average molecular weight is 595 g/mol. The Labute approximate surface area is 255 Å². The first-order valence-corrected chi connectivity index (χ1v) is 15.0. The number of fused-ring (bicyclic) bond motifs is 1. The second-order valence-electron chi connectivity index (χ2n) is 11.2. The van der Waals surface area contributed by atoms with Gasteiger partial charge >= 0.3 is 0 Å². The number of carbonyl (C=O) groups is 1. The Morgan fingerprint density at radius 3 is 2.70 bits per heavy atom. The Morgan fingerprint density at radius 1 is 1.07 bits per heavy atom. The highest BCUT2D eigenvalue weighted by Gasteiger charge is 2.42. The molecule has 43 heavy (non-hydrogen) atoms. The summed E-state index contributed by atoms with van der Waals surface area (Å²) in [7, 11) is 1.96. The predicted molar refractivity (Wildman–Crippen MR) is 171 cm³/mol. The van der Waals surface area contributed by atoms with Gasteiger partial charge in [0.1, 0.15) is 22.4 Å². The molecule has 0 spiro atoms. The second-order valence-corrected chi connectivity index (χ2v) is 11.5. The number of aromatic amines is 1. The minimum absolute atomic E-state index is 0.0333. The summed E-state index contributed by atoms with van der Waals surface area (Å²) >= 11 is 6.53. The number of hydrogen-bond donors (Lipinski definition) is 5. The number of H-pyrrole nitrogens is 1. The number of likely N-dealkylation sites (N-methyl/N-ethyl adjacent to an activating group) is 1. The van der Waals surface area contributed by atoms with Crippen LogP contribution in [0.25, 0.3) is 22.2 Å². The van der Waals surface area contributed by atoms with Gasteiger partial charge in [0.05, 0.1) is 11.1 Å². The van der Waals surface area contributed by atoms with Gasteiger partial charge in [0.2, 0.25) is 0 Å². The van der Waals surface area contributed by atoms with Crippen LogP contribution in [-0.4, -0.2) is 45.6 Å². The number of phenolic OH excluding ortho intramolecular Hbond substituents is 1. The van der Waals surface area contributed by atoms with Crippen molar-refractivity contribution < 1.29 is 9.90 Å². The lowest BCUT2D eigenvalue weighted by atomic mass is 9.69. The number of phenols is 1. The molecule has 3 atom stereocenters. The summed E-state index contributed by atoms with van der Waals surface area (Å²) < 4.78 is 0. The molecular formula is C34H35ClN6O2. The molecule has 1 unspecified atom stereocenters. The topological polar surface area (TPSA) is 115 Å². The average Bonchev–Trinajstić information content (AvgIpc) is 3.47. The highest BCUT2D eigenvalue weighted by Crippen LogP contribution is 2.40. The van der Waals surface area contributed by atoms with Gasteiger partial charge in [-0.15, -0.1) is 0 Å². The monoisotopic (exact) mass is 594 g/mol. The molecule has 0 bridgehead atoms. The summed E-state index contributed by atoms with van der Waals surface area (Å²) in [6.07, 6.45) is 7.60. The summed E-state index contributed by atoms with van der Waals surface area (Å²) in [5.74, 6) is 0.597. The van der Waals surface area contributed by atoms with Gasteiger partial charge in [-0.05, 0) is 79.8 Å². The van der Waals surface area contributed by atoms with Crippen LogP contribution in [0.5, 0.6) is 5.75 Å². The molecule has 0 saturated heterocycles. The van der Waals surface area contributed by atoms with Crippen LogP contribution in [0.15, 0.2) is 91.3 Å². The number of aromatic nitrogens is 3. The van der Waals surface area contributed by atoms with E-state index in [4.69, 9.17) is 11.6 Å². The fourth-order valence-electron chi connectivity index (χ4n) is 6.53. The first-order chi connectivity index (χ1) is 21.0. The Bertz CT molecular complexity index is 1720. The number of nitrogens with one attached hydrogen (secondary N) is 4. The number of rotatable bonds is 9. The van der Waals surface area contributed by atoms with Gasteiger partial charge in [-0.25, -0.2) is 9.97 Å². The Hall–Kier alpha value is -4.40. The van der Waals surface area contributed by atoms with Gasteiger partial charge in [0, 0.05) is 35.9 Å². The molecule has 8 nitrogen and oxygen atoms in total. The van der Waals surface area contributed by atoms with E-state index in [1.807, 2.05) is 55.7 Å². The molecule has 3 aromatic heterocycles. The first-order valence-electron chi connectivity index (χ1n) is 14.6. The van der Waals surface area contributed by atoms with Crippen LogP contribution in [0.1, 0.15) is 41.6 Å². The molecular weight excluding hydrogens is 560 g/mol. The number of benzene rings is 2. The van der Waals surface area contributed by atoms with Crippen molar-refractivity contribution in [2.24, 2.45) is 5.92 Å². The summed E-state index contributed by atoms with van der Waals surface area (Å²) in [6, 6.07) is 24.9. The second kappa shape index (κ2) is 12.5. The third-order valence-corrected chi connectivity index (χ3v) is 8.88. The van der Waals surface area contributed by atoms with E-state index in [0.29, 0.717) is 11.7 Å². The third kappa shape index (κ3) is 5.94. The SMILES string of the molecule is CNC(CNC(=O)c1ccccc1O)(c1ccccc1)[C@@H]1CCC[C@@H](Nc2cc(-c3c[nH]c4ncccc34)cc(Cl)n2)C1. The summed E-state index contributed by atoms with van der Waals surface area (Å²) in [6.45, 7) is 0.367. The van der Waals surface area contributed by atoms with E-state index >= 15 is 0 Å². The number of aromatic hydroxyl groups is 1. The van der Waals surface area contributed by atoms with Crippen molar-refractivity contribution in [3.63, 3.8) is 0 Å². The van der Waals surface area contributed by atoms with Crippen LogP contribution in [-0.2, 0) is 5.54 Å². The summed E-state index contributed by atoms with van der Waals surface area (Å²) in [4.78, 5) is 25.4. The Morgan fingerprint density at radius 2 is 1.88 bits per heavy atom. The van der Waals surface area contributed by atoms with E-state index in [-0.39, 0.29) is 29.2 Å². The van der Waals surface area contributed by atoms with Gasteiger partial charge in [0.15, 0.2) is 0 Å². The summed E-state index contributed by atoms with van der Waals surface area (Å²) in [5, 5.41) is 22.1. The molecule has 6 rings (SSSR count). The molecule has 0 radical (unpaired) electrons. The fourth-order valence-corrected chi connectivity index (χ4v) is 6.74. The van der Waals surface area contributed by atoms with Crippen molar-refractivity contribution in [2.45, 2.75) is 37.3 Å². The van der Waals surface area contributed by atoms with Crippen LogP contribution >= 0.6 is 11.6 Å². The number of carbonyl (C=O) groups excluding carboxylic acids is 1. The number of hydrogen-bond acceptors (Lipinski definition) is 6. The molecule has 1 aliphatic carbocycles. The molecule has 9 heteroatoms. The Kier molecular flexibility index (Phi) is 8.31. The molecule has 1 amide bonds. The normalized spacial score (nSPS) is 18.2. The van der Waals surface area contributed by atoms with E-state index in [0.717, 1.165) is 59.2 Å². The summed E-state index contributed by atoms with van der Waals surface area (Å²) in [5.41, 5.74) is 3.67. The zero-order valence-electron chi connectivity index (χ0n) is 24.0. The van der Waals surface area contributed by atoms with E-state index in [1.165, 1.54) is 6.07 Å². The molecule has 220 valence electrons. The third-order valence-electron chi connectivity index (χ3n) is 8.69. The van der Waals surface area contributed by atoms with Crippen LogP contribution < -0.4 is 16.0 Å². The minimum atomic E-state index is -0.522. The quantitative estimate of drug-likeness (QED) is 0.124. The van der Waals surface area contributed by atoms with E-state index in [9.17, 15) is 9.90 Å². The lowest BCUT2D eigenvalue weighted by molar-refractivity contribution is 0.0905. The lowest BCUT2D eigenvalue weighted by Gasteiger charge is -2.45. The number of anilines is 1. The van der Waals surface area contributed by atoms with Crippen molar-refractivity contribution in [1.29, 1.82) is 0 Å². The smallest absolute Gasteiger partial charge is 0.255 e. The minimum Gasteiger partial charge on any atom is -0.507 e. The number of pyridine rings is 2. The largest absolute Gasteiger partial charge is 0.507 e. The van der Waals surface area contributed by atoms with E-state index in [2.05, 4.69) is 43.0 Å². The van der Waals surface area contributed by atoms with E-state index in [1.54, 1.807) is 24.4 Å². The van der Waals surface area contributed by atoms with Crippen molar-refractivity contribution in [1.82, 2.24) is 25.6 Å². The Balaban J connectivity index is 1.25. The van der Waals surface area contributed by atoms with Gasteiger partial charge in [0.25, 0.3) is 5.91 Å². The highest BCUT2D eigenvalue weighted by atomic mass is 35.5. The number of para-hydroxylation sites is 1. The molecule has 5 N–H and O–H groups in total. The fraction of sp³-hybridized carbons (Fsp3) is 0.265. The molecule has 2 aromatic carbocycles. The molecule has 1 aliphatic rings. The van der Waals surface area contributed by atoms with Crippen LogP contribution in [0.4, 0.5) is 5.82 Å². The zero-order chi connectivity index (χ0) is 29.8. The van der Waals surface area contributed by atoms with Crippen molar-refractivity contribution in [2.75, 3.05) is 18.9 Å².